The summed E-state index contributed by atoms with van der Waals surface area (Å²) in [7, 11) is 0. The maximum atomic E-state index is 13.1. The van der Waals surface area contributed by atoms with E-state index < -0.39 is 0 Å². The molecule has 5 nitrogen and oxygen atoms in total. The van der Waals surface area contributed by atoms with Crippen molar-refractivity contribution in [2.24, 2.45) is 0 Å². The first kappa shape index (κ1) is 21.4. The van der Waals surface area contributed by atoms with E-state index in [-0.39, 0.29) is 17.6 Å². The first-order valence-electron chi connectivity index (χ1n) is 10.6. The van der Waals surface area contributed by atoms with Gasteiger partial charge in [0, 0.05) is 30.9 Å². The van der Waals surface area contributed by atoms with Crippen LogP contribution in [-0.2, 0) is 11.2 Å². The number of carbonyl (C=O) groups excluding carboxylic acids is 1. The van der Waals surface area contributed by atoms with Gasteiger partial charge in [-0.3, -0.25) is 4.79 Å². The molecule has 32 heavy (non-hydrogen) atoms. The average Bonchev–Trinajstić information content (AvgIpc) is 3.30. The van der Waals surface area contributed by atoms with Crippen molar-refractivity contribution >= 4 is 5.91 Å². The second kappa shape index (κ2) is 10.5. The van der Waals surface area contributed by atoms with Crippen LogP contribution in [0.5, 0.6) is 0 Å². The van der Waals surface area contributed by atoms with Gasteiger partial charge in [0.15, 0.2) is 0 Å². The zero-order chi connectivity index (χ0) is 22.2. The van der Waals surface area contributed by atoms with Crippen LogP contribution < -0.4 is 5.32 Å². The lowest BCUT2D eigenvalue weighted by Gasteiger charge is -2.19. The average molecular weight is 429 g/mol. The Labute approximate surface area is 186 Å². The highest BCUT2D eigenvalue weighted by atomic mass is 19.1. The number of nitrogens with zero attached hydrogens (tertiary/aromatic N) is 2. The highest BCUT2D eigenvalue weighted by Gasteiger charge is 2.15. The Morgan fingerprint density at radius 3 is 2.16 bits per heavy atom. The Balaban J connectivity index is 1.29. The third-order valence-corrected chi connectivity index (χ3v) is 5.27. The van der Waals surface area contributed by atoms with Crippen LogP contribution in [0.2, 0.25) is 0 Å². The van der Waals surface area contributed by atoms with E-state index in [1.54, 1.807) is 12.1 Å². The Morgan fingerprint density at radius 2 is 1.53 bits per heavy atom. The van der Waals surface area contributed by atoms with Gasteiger partial charge in [-0.25, -0.2) is 4.39 Å². The molecule has 4 aromatic rings. The number of amides is 1. The molecule has 0 atom stereocenters. The molecule has 6 heteroatoms. The molecule has 1 aromatic heterocycles. The summed E-state index contributed by atoms with van der Waals surface area (Å²) in [5.74, 6) is 0.641. The van der Waals surface area contributed by atoms with Gasteiger partial charge in [0.05, 0.1) is 0 Å². The highest BCUT2D eigenvalue weighted by Crippen LogP contribution is 2.23. The van der Waals surface area contributed by atoms with Gasteiger partial charge in [0.1, 0.15) is 5.82 Å². The van der Waals surface area contributed by atoms with E-state index in [1.807, 2.05) is 36.4 Å². The maximum Gasteiger partial charge on any atom is 0.226 e. The van der Waals surface area contributed by atoms with Crippen molar-refractivity contribution in [1.29, 1.82) is 0 Å². The van der Waals surface area contributed by atoms with E-state index in [1.165, 1.54) is 12.1 Å². The molecular weight excluding hydrogens is 405 g/mol. The number of aromatic nitrogens is 2. The Bertz CT molecular complexity index is 1090. The minimum absolute atomic E-state index is 0.0138. The number of nitrogens with one attached hydrogen (secondary N) is 1. The van der Waals surface area contributed by atoms with Gasteiger partial charge in [0.25, 0.3) is 0 Å². The predicted octanol–water partition coefficient (Wildman–Crippen LogP) is 5.15. The maximum absolute atomic E-state index is 13.1. The molecule has 1 N–H and O–H groups in total. The van der Waals surface area contributed by atoms with Crippen LogP contribution in [0.1, 0.15) is 35.8 Å². The van der Waals surface area contributed by atoms with Gasteiger partial charge in [0.2, 0.25) is 17.6 Å². The first-order chi connectivity index (χ1) is 15.7. The molecule has 1 amide bonds. The van der Waals surface area contributed by atoms with E-state index in [0.29, 0.717) is 43.1 Å². The summed E-state index contributed by atoms with van der Waals surface area (Å²) in [6.07, 6.45) is 1.46. The van der Waals surface area contributed by atoms with Crippen LogP contribution in [0.4, 0.5) is 4.39 Å². The number of carbonyl (C=O) groups is 1. The summed E-state index contributed by atoms with van der Waals surface area (Å²) >= 11 is 0. The highest BCUT2D eigenvalue weighted by molar-refractivity contribution is 5.76. The number of aryl methyl sites for hydroxylation is 1. The van der Waals surface area contributed by atoms with E-state index >= 15 is 0 Å². The molecule has 0 bridgehead atoms. The van der Waals surface area contributed by atoms with E-state index in [0.717, 1.165) is 11.1 Å². The molecule has 4 rings (SSSR count). The third kappa shape index (κ3) is 5.66. The summed E-state index contributed by atoms with van der Waals surface area (Å²) in [4.78, 5) is 16.8. The summed E-state index contributed by atoms with van der Waals surface area (Å²) in [6, 6.07) is 26.3. The molecule has 0 unspecified atom stereocenters. The molecule has 3 aromatic carbocycles. The van der Waals surface area contributed by atoms with Crippen LogP contribution in [-0.4, -0.2) is 22.6 Å². The van der Waals surface area contributed by atoms with Gasteiger partial charge in [-0.1, -0.05) is 65.8 Å². The molecule has 0 saturated heterocycles. The van der Waals surface area contributed by atoms with Crippen LogP contribution >= 0.6 is 0 Å². The fourth-order valence-electron chi connectivity index (χ4n) is 3.58. The van der Waals surface area contributed by atoms with Gasteiger partial charge < -0.3 is 9.84 Å². The third-order valence-electron chi connectivity index (χ3n) is 5.27. The largest absolute Gasteiger partial charge is 0.355 e. The Kier molecular flexibility index (Phi) is 7.02. The van der Waals surface area contributed by atoms with Crippen molar-refractivity contribution in [2.75, 3.05) is 6.54 Å². The number of hydrogen-bond donors (Lipinski definition) is 1. The van der Waals surface area contributed by atoms with E-state index in [2.05, 4.69) is 39.7 Å². The molecule has 0 aliphatic heterocycles. The number of hydrogen-bond acceptors (Lipinski definition) is 4. The molecule has 0 aliphatic carbocycles. The van der Waals surface area contributed by atoms with Gasteiger partial charge in [-0.05, 0) is 41.8 Å². The van der Waals surface area contributed by atoms with Gasteiger partial charge in [-0.15, -0.1) is 0 Å². The zero-order valence-electron chi connectivity index (χ0n) is 17.6. The predicted molar refractivity (Wildman–Crippen MR) is 120 cm³/mol. The van der Waals surface area contributed by atoms with E-state index in [4.69, 9.17) is 4.52 Å². The van der Waals surface area contributed by atoms with Gasteiger partial charge in [-0.2, -0.15) is 4.98 Å². The van der Waals surface area contributed by atoms with Crippen molar-refractivity contribution < 1.29 is 13.7 Å². The lowest BCUT2D eigenvalue weighted by atomic mass is 9.91. The smallest absolute Gasteiger partial charge is 0.226 e. The molecule has 1 heterocycles. The molecule has 0 aliphatic rings. The van der Waals surface area contributed by atoms with Crippen molar-refractivity contribution in [3.05, 3.63) is 108 Å². The summed E-state index contributed by atoms with van der Waals surface area (Å²) in [6.45, 7) is 0.530. The van der Waals surface area contributed by atoms with Crippen molar-refractivity contribution in [3.63, 3.8) is 0 Å². The first-order valence-corrected chi connectivity index (χ1v) is 10.6. The normalized spacial score (nSPS) is 10.9. The number of halogens is 1. The van der Waals surface area contributed by atoms with Crippen LogP contribution in [0.25, 0.3) is 11.4 Å². The summed E-state index contributed by atoms with van der Waals surface area (Å²) in [5.41, 5.74) is 3.02. The summed E-state index contributed by atoms with van der Waals surface area (Å²) < 4.78 is 18.3. The topological polar surface area (TPSA) is 68.0 Å². The van der Waals surface area contributed by atoms with Crippen molar-refractivity contribution in [1.82, 2.24) is 15.5 Å². The summed E-state index contributed by atoms with van der Waals surface area (Å²) in [5, 5.41) is 6.99. The van der Waals surface area contributed by atoms with Crippen LogP contribution in [0.3, 0.4) is 0 Å². The molecule has 0 radical (unpaired) electrons. The van der Waals surface area contributed by atoms with Crippen LogP contribution in [0.15, 0.2) is 89.5 Å². The van der Waals surface area contributed by atoms with Gasteiger partial charge >= 0.3 is 0 Å². The zero-order valence-corrected chi connectivity index (χ0v) is 17.6. The number of rotatable bonds is 9. The van der Waals surface area contributed by atoms with Crippen LogP contribution in [0, 0.1) is 5.82 Å². The SMILES string of the molecule is O=C(CCCc1nc(-c2ccc(F)cc2)no1)NCC(c1ccccc1)c1ccccc1. The van der Waals surface area contributed by atoms with E-state index in [9.17, 15) is 9.18 Å². The molecule has 0 spiro atoms. The quantitative estimate of drug-likeness (QED) is 0.400. The minimum Gasteiger partial charge on any atom is -0.355 e. The minimum atomic E-state index is -0.315. The second-order valence-corrected chi connectivity index (χ2v) is 7.55. The molecular formula is C26H24FN3O2. The molecule has 0 saturated carbocycles. The number of benzene rings is 3. The second-order valence-electron chi connectivity index (χ2n) is 7.55. The molecule has 162 valence electrons. The molecule has 0 fully saturated rings. The fraction of sp³-hybridized carbons (Fsp3) is 0.192. The van der Waals surface area contributed by atoms with Crippen molar-refractivity contribution in [3.8, 4) is 11.4 Å². The lowest BCUT2D eigenvalue weighted by molar-refractivity contribution is -0.121. The Hall–Kier alpha value is -3.80. The Morgan fingerprint density at radius 1 is 0.906 bits per heavy atom. The lowest BCUT2D eigenvalue weighted by Crippen LogP contribution is -2.28. The fourth-order valence-corrected chi connectivity index (χ4v) is 3.58. The standard InChI is InChI=1S/C26H24FN3O2/c27-22-16-14-21(15-17-22)26-29-25(32-30-26)13-7-12-24(31)28-18-23(19-8-3-1-4-9-19)20-10-5-2-6-11-20/h1-6,8-11,14-17,23H,7,12-13,18H2,(H,28,31). The monoisotopic (exact) mass is 429 g/mol. The van der Waals surface area contributed by atoms with Crippen molar-refractivity contribution in [2.45, 2.75) is 25.2 Å².